The third-order valence-electron chi connectivity index (χ3n) is 2.40. The lowest BCUT2D eigenvalue weighted by Crippen LogP contribution is -2.24. The lowest BCUT2D eigenvalue weighted by Gasteiger charge is -2.12. The summed E-state index contributed by atoms with van der Waals surface area (Å²) in [5.41, 5.74) is -0.173. The fourth-order valence-electron chi connectivity index (χ4n) is 1.53. The summed E-state index contributed by atoms with van der Waals surface area (Å²) in [5.74, 6) is -0.496. The summed E-state index contributed by atoms with van der Waals surface area (Å²) in [7, 11) is 0. The van der Waals surface area contributed by atoms with E-state index in [2.05, 4.69) is 5.10 Å². The minimum Gasteiger partial charge on any atom is -0.386 e. The van der Waals surface area contributed by atoms with Gasteiger partial charge in [0.25, 0.3) is 5.56 Å². The second-order valence-corrected chi connectivity index (χ2v) is 3.58. The summed E-state index contributed by atoms with van der Waals surface area (Å²) in [6.45, 7) is -0.0688. The Labute approximate surface area is 97.0 Å². The van der Waals surface area contributed by atoms with Gasteiger partial charge in [0.2, 0.25) is 0 Å². The van der Waals surface area contributed by atoms with E-state index in [4.69, 9.17) is 0 Å². The van der Waals surface area contributed by atoms with Gasteiger partial charge in [-0.15, -0.1) is 0 Å². The molecule has 1 N–H and O–H groups in total. The van der Waals surface area contributed by atoms with Crippen molar-refractivity contribution in [2.75, 3.05) is 0 Å². The molecule has 2 aromatic rings. The average molecular weight is 234 g/mol. The SMILES string of the molecule is O=c1cccnn1CC(O)c1ccccc1F. The molecule has 0 aliphatic carbocycles. The number of rotatable bonds is 3. The molecule has 0 saturated heterocycles. The molecule has 0 saturated carbocycles. The normalized spacial score (nSPS) is 12.4. The van der Waals surface area contributed by atoms with Gasteiger partial charge in [-0.3, -0.25) is 4.79 Å². The van der Waals surface area contributed by atoms with Gasteiger partial charge in [-0.25, -0.2) is 9.07 Å². The number of halogens is 1. The highest BCUT2D eigenvalue weighted by molar-refractivity contribution is 5.19. The predicted octanol–water partition coefficient (Wildman–Crippen LogP) is 1.12. The van der Waals surface area contributed by atoms with Gasteiger partial charge >= 0.3 is 0 Å². The molecule has 0 amide bonds. The molecule has 1 aromatic heterocycles. The molecule has 0 aliphatic heterocycles. The van der Waals surface area contributed by atoms with Gasteiger partial charge in [0.15, 0.2) is 0 Å². The largest absolute Gasteiger partial charge is 0.386 e. The van der Waals surface area contributed by atoms with Gasteiger partial charge in [-0.1, -0.05) is 18.2 Å². The highest BCUT2D eigenvalue weighted by Crippen LogP contribution is 2.17. The van der Waals surface area contributed by atoms with E-state index in [9.17, 15) is 14.3 Å². The Bertz CT molecular complexity index is 568. The van der Waals surface area contributed by atoms with E-state index in [1.54, 1.807) is 12.1 Å². The van der Waals surface area contributed by atoms with Crippen LogP contribution in [0.4, 0.5) is 4.39 Å². The minimum absolute atomic E-state index is 0.0688. The molecule has 5 heteroatoms. The third kappa shape index (κ3) is 2.57. The van der Waals surface area contributed by atoms with E-state index in [1.807, 2.05) is 0 Å². The summed E-state index contributed by atoms with van der Waals surface area (Å²) in [5, 5.41) is 13.6. The Balaban J connectivity index is 2.23. The zero-order valence-corrected chi connectivity index (χ0v) is 8.95. The van der Waals surface area contributed by atoms with Crippen molar-refractivity contribution in [3.05, 3.63) is 64.3 Å². The van der Waals surface area contributed by atoms with Crippen LogP contribution in [0.3, 0.4) is 0 Å². The van der Waals surface area contributed by atoms with Crippen LogP contribution < -0.4 is 5.56 Å². The van der Waals surface area contributed by atoms with Crippen molar-refractivity contribution in [2.24, 2.45) is 0 Å². The van der Waals surface area contributed by atoms with Crippen LogP contribution in [0.15, 0.2) is 47.4 Å². The van der Waals surface area contributed by atoms with Crippen molar-refractivity contribution in [2.45, 2.75) is 12.6 Å². The van der Waals surface area contributed by atoms with Gasteiger partial charge in [0.05, 0.1) is 6.54 Å². The molecule has 0 radical (unpaired) electrons. The third-order valence-corrected chi connectivity index (χ3v) is 2.40. The minimum atomic E-state index is -1.09. The molecule has 0 spiro atoms. The molecule has 4 nitrogen and oxygen atoms in total. The number of nitrogens with zero attached hydrogens (tertiary/aromatic N) is 2. The first kappa shape index (κ1) is 11.5. The number of aliphatic hydroxyl groups is 1. The van der Waals surface area contributed by atoms with Crippen LogP contribution in [-0.2, 0) is 6.54 Å². The van der Waals surface area contributed by atoms with E-state index in [0.29, 0.717) is 0 Å². The maximum absolute atomic E-state index is 13.4. The highest BCUT2D eigenvalue weighted by Gasteiger charge is 2.13. The number of hydrogen-bond acceptors (Lipinski definition) is 3. The first-order valence-electron chi connectivity index (χ1n) is 5.13. The van der Waals surface area contributed by atoms with Gasteiger partial charge in [-0.2, -0.15) is 5.10 Å². The van der Waals surface area contributed by atoms with E-state index in [1.165, 1.54) is 30.5 Å². The molecule has 1 unspecified atom stereocenters. The molecular formula is C12H11FN2O2. The smallest absolute Gasteiger partial charge is 0.266 e. The summed E-state index contributed by atoms with van der Waals surface area (Å²) < 4.78 is 14.5. The van der Waals surface area contributed by atoms with Crippen LogP contribution in [0.25, 0.3) is 0 Å². The van der Waals surface area contributed by atoms with E-state index in [-0.39, 0.29) is 17.7 Å². The standard InChI is InChI=1S/C12H11FN2O2/c13-10-5-2-1-4-9(10)11(16)8-15-12(17)6-3-7-14-15/h1-7,11,16H,8H2. The second-order valence-electron chi connectivity index (χ2n) is 3.58. The molecular weight excluding hydrogens is 223 g/mol. The lowest BCUT2D eigenvalue weighted by atomic mass is 10.1. The molecule has 17 heavy (non-hydrogen) atoms. The number of aromatic nitrogens is 2. The Morgan fingerprint density at radius 2 is 2.06 bits per heavy atom. The molecule has 88 valence electrons. The van der Waals surface area contributed by atoms with Crippen molar-refractivity contribution in [1.82, 2.24) is 9.78 Å². The van der Waals surface area contributed by atoms with Crippen molar-refractivity contribution in [3.63, 3.8) is 0 Å². The maximum Gasteiger partial charge on any atom is 0.266 e. The van der Waals surface area contributed by atoms with Crippen molar-refractivity contribution in [3.8, 4) is 0 Å². The topological polar surface area (TPSA) is 55.1 Å². The molecule has 1 atom stereocenters. The zero-order chi connectivity index (χ0) is 12.3. The quantitative estimate of drug-likeness (QED) is 0.865. The van der Waals surface area contributed by atoms with Crippen LogP contribution in [0.1, 0.15) is 11.7 Å². The summed E-state index contributed by atoms with van der Waals surface area (Å²) in [6, 6.07) is 8.75. The molecule has 0 fully saturated rings. The second kappa shape index (κ2) is 4.88. The predicted molar refractivity (Wildman–Crippen MR) is 59.9 cm³/mol. The first-order valence-corrected chi connectivity index (χ1v) is 5.13. The zero-order valence-electron chi connectivity index (χ0n) is 8.95. The first-order chi connectivity index (χ1) is 8.18. The monoisotopic (exact) mass is 234 g/mol. The van der Waals surface area contributed by atoms with Gasteiger partial charge in [0.1, 0.15) is 11.9 Å². The Morgan fingerprint density at radius 1 is 1.29 bits per heavy atom. The number of benzene rings is 1. The van der Waals surface area contributed by atoms with Crippen LogP contribution in [0, 0.1) is 5.82 Å². The Morgan fingerprint density at radius 3 is 2.76 bits per heavy atom. The lowest BCUT2D eigenvalue weighted by molar-refractivity contribution is 0.145. The fraction of sp³-hybridized carbons (Fsp3) is 0.167. The van der Waals surface area contributed by atoms with Crippen LogP contribution >= 0.6 is 0 Å². The Kier molecular flexibility index (Phi) is 3.30. The average Bonchev–Trinajstić information content (AvgIpc) is 2.32. The summed E-state index contributed by atoms with van der Waals surface area (Å²) in [6.07, 6.45) is 0.346. The molecule has 0 bridgehead atoms. The van der Waals surface area contributed by atoms with Crippen molar-refractivity contribution >= 4 is 0 Å². The maximum atomic E-state index is 13.4. The molecule has 0 aliphatic rings. The molecule has 1 heterocycles. The number of aliphatic hydroxyl groups excluding tert-OH is 1. The highest BCUT2D eigenvalue weighted by atomic mass is 19.1. The molecule has 2 rings (SSSR count). The van der Waals surface area contributed by atoms with Gasteiger partial charge < -0.3 is 5.11 Å². The van der Waals surface area contributed by atoms with Crippen LogP contribution in [0.2, 0.25) is 0 Å². The molecule has 1 aromatic carbocycles. The van der Waals surface area contributed by atoms with Gasteiger partial charge in [0, 0.05) is 17.8 Å². The van der Waals surface area contributed by atoms with Crippen LogP contribution in [0.5, 0.6) is 0 Å². The summed E-state index contributed by atoms with van der Waals surface area (Å²) >= 11 is 0. The van der Waals surface area contributed by atoms with E-state index < -0.39 is 11.9 Å². The van der Waals surface area contributed by atoms with Crippen molar-refractivity contribution < 1.29 is 9.50 Å². The van der Waals surface area contributed by atoms with Crippen LogP contribution in [-0.4, -0.2) is 14.9 Å². The fourth-order valence-corrected chi connectivity index (χ4v) is 1.53. The number of hydrogen-bond donors (Lipinski definition) is 1. The van der Waals surface area contributed by atoms with Gasteiger partial charge in [-0.05, 0) is 12.1 Å². The van der Waals surface area contributed by atoms with Crippen molar-refractivity contribution in [1.29, 1.82) is 0 Å². The Hall–Kier alpha value is -2.01. The van der Waals surface area contributed by atoms with E-state index >= 15 is 0 Å². The van der Waals surface area contributed by atoms with E-state index in [0.717, 1.165) is 4.68 Å². The summed E-state index contributed by atoms with van der Waals surface area (Å²) in [4.78, 5) is 11.4.